The van der Waals surface area contributed by atoms with Crippen molar-refractivity contribution in [2.45, 2.75) is 20.8 Å². The van der Waals surface area contributed by atoms with E-state index >= 15 is 0 Å². The summed E-state index contributed by atoms with van der Waals surface area (Å²) in [5.74, 6) is 0.871. The minimum absolute atomic E-state index is 0. The molecule has 0 aliphatic carbocycles. The van der Waals surface area contributed by atoms with E-state index in [0.29, 0.717) is 0 Å². The van der Waals surface area contributed by atoms with Crippen LogP contribution in [0.25, 0.3) is 11.2 Å². The van der Waals surface area contributed by atoms with Crippen LogP contribution >= 0.6 is 0 Å². The lowest BCUT2D eigenvalue weighted by molar-refractivity contribution is 1.16. The first-order valence-corrected chi connectivity index (χ1v) is 3.98. The Kier molecular flexibility index (Phi) is 2.74. The first kappa shape index (κ1) is 8.64. The zero-order chi connectivity index (χ0) is 8.97. The molecule has 2 heterocycles. The van der Waals surface area contributed by atoms with Crippen molar-refractivity contribution >= 4 is 11.2 Å². The van der Waals surface area contributed by atoms with Gasteiger partial charge in [-0.1, -0.05) is 13.8 Å². The summed E-state index contributed by atoms with van der Waals surface area (Å²) in [7, 11) is 0. The molecule has 2 aromatic heterocycles. The van der Waals surface area contributed by atoms with Gasteiger partial charge < -0.3 is 4.98 Å². The average Bonchev–Trinajstić information content (AvgIpc) is 2.48. The molecular formula is C8H14N4. The monoisotopic (exact) mass is 166 g/mol. The fourth-order valence-electron chi connectivity index (χ4n) is 0.882. The SMILES string of the molecule is CC.Cc1nc2ncncc2[nH]1.[HH]. The van der Waals surface area contributed by atoms with Gasteiger partial charge in [0.25, 0.3) is 0 Å². The summed E-state index contributed by atoms with van der Waals surface area (Å²) in [4.78, 5) is 14.9. The van der Waals surface area contributed by atoms with Crippen LogP contribution in [0.5, 0.6) is 0 Å². The van der Waals surface area contributed by atoms with Gasteiger partial charge in [-0.05, 0) is 6.92 Å². The fourth-order valence-corrected chi connectivity index (χ4v) is 0.882. The van der Waals surface area contributed by atoms with Crippen LogP contribution in [0.3, 0.4) is 0 Å². The minimum atomic E-state index is 0. The van der Waals surface area contributed by atoms with E-state index in [-0.39, 0.29) is 1.43 Å². The molecule has 4 nitrogen and oxygen atoms in total. The van der Waals surface area contributed by atoms with Crippen molar-refractivity contribution < 1.29 is 1.43 Å². The minimum Gasteiger partial charge on any atom is -0.340 e. The first-order valence-electron chi connectivity index (χ1n) is 3.98. The lowest BCUT2D eigenvalue weighted by Gasteiger charge is -1.80. The smallest absolute Gasteiger partial charge is 0.180 e. The van der Waals surface area contributed by atoms with E-state index in [4.69, 9.17) is 0 Å². The molecule has 0 amide bonds. The maximum Gasteiger partial charge on any atom is 0.180 e. The normalized spacial score (nSPS) is 9.25. The molecule has 4 heteroatoms. The maximum atomic E-state index is 4.11. The van der Waals surface area contributed by atoms with Crippen LogP contribution in [-0.2, 0) is 0 Å². The summed E-state index contributed by atoms with van der Waals surface area (Å²) >= 11 is 0. The van der Waals surface area contributed by atoms with E-state index in [9.17, 15) is 0 Å². The molecule has 0 aromatic carbocycles. The number of hydrogen-bond acceptors (Lipinski definition) is 3. The molecule has 0 radical (unpaired) electrons. The van der Waals surface area contributed by atoms with Crippen molar-refractivity contribution in [2.75, 3.05) is 0 Å². The third kappa shape index (κ3) is 1.58. The molecule has 0 spiro atoms. The predicted octanol–water partition coefficient (Wildman–Crippen LogP) is 1.93. The van der Waals surface area contributed by atoms with Gasteiger partial charge in [-0.3, -0.25) is 0 Å². The van der Waals surface area contributed by atoms with Gasteiger partial charge in [0, 0.05) is 1.43 Å². The molecule has 66 valence electrons. The summed E-state index contributed by atoms with van der Waals surface area (Å²) in [6.07, 6.45) is 3.20. The molecule has 0 aliphatic rings. The predicted molar refractivity (Wildman–Crippen MR) is 49.9 cm³/mol. The Hall–Kier alpha value is -1.45. The van der Waals surface area contributed by atoms with E-state index in [0.717, 1.165) is 17.0 Å². The lowest BCUT2D eigenvalue weighted by atomic mass is 10.6. The number of rotatable bonds is 0. The van der Waals surface area contributed by atoms with Crippen molar-refractivity contribution in [1.29, 1.82) is 0 Å². The number of aryl methyl sites for hydroxylation is 1. The van der Waals surface area contributed by atoms with Crippen LogP contribution in [-0.4, -0.2) is 19.9 Å². The van der Waals surface area contributed by atoms with Crippen LogP contribution in [0.2, 0.25) is 0 Å². The molecular weight excluding hydrogens is 152 g/mol. The zero-order valence-corrected chi connectivity index (χ0v) is 7.50. The quantitative estimate of drug-likeness (QED) is 0.650. The number of fused-ring (bicyclic) bond motifs is 1. The van der Waals surface area contributed by atoms with E-state index in [1.165, 1.54) is 6.33 Å². The number of nitrogens with zero attached hydrogens (tertiary/aromatic N) is 3. The topological polar surface area (TPSA) is 54.5 Å². The van der Waals surface area contributed by atoms with Gasteiger partial charge in [0.05, 0.1) is 6.20 Å². The van der Waals surface area contributed by atoms with Crippen LogP contribution < -0.4 is 0 Å². The van der Waals surface area contributed by atoms with Gasteiger partial charge >= 0.3 is 0 Å². The third-order valence-corrected chi connectivity index (χ3v) is 1.28. The van der Waals surface area contributed by atoms with E-state index in [1.54, 1.807) is 6.20 Å². The van der Waals surface area contributed by atoms with Gasteiger partial charge in [-0.2, -0.15) is 0 Å². The molecule has 0 saturated heterocycles. The van der Waals surface area contributed by atoms with Crippen molar-refractivity contribution in [3.63, 3.8) is 0 Å². The highest BCUT2D eigenvalue weighted by Gasteiger charge is 1.96. The van der Waals surface area contributed by atoms with Gasteiger partial charge in [-0.25, -0.2) is 15.0 Å². The molecule has 0 atom stereocenters. The molecule has 0 aliphatic heterocycles. The van der Waals surface area contributed by atoms with E-state index in [2.05, 4.69) is 19.9 Å². The van der Waals surface area contributed by atoms with Crippen LogP contribution in [0, 0.1) is 6.92 Å². The Morgan fingerprint density at radius 2 is 2.17 bits per heavy atom. The Morgan fingerprint density at radius 1 is 1.42 bits per heavy atom. The van der Waals surface area contributed by atoms with Gasteiger partial charge in [0.2, 0.25) is 0 Å². The van der Waals surface area contributed by atoms with Gasteiger partial charge in [0.15, 0.2) is 5.65 Å². The number of hydrogen-bond donors (Lipinski definition) is 1. The number of imidazole rings is 1. The second kappa shape index (κ2) is 3.80. The summed E-state index contributed by atoms with van der Waals surface area (Å²) in [5, 5.41) is 0. The van der Waals surface area contributed by atoms with Crippen molar-refractivity contribution in [3.8, 4) is 0 Å². The molecule has 0 fully saturated rings. The number of nitrogens with one attached hydrogen (secondary N) is 1. The second-order valence-corrected chi connectivity index (χ2v) is 2.08. The number of aromatic amines is 1. The molecule has 0 bridgehead atoms. The highest BCUT2D eigenvalue weighted by Crippen LogP contribution is 2.03. The summed E-state index contributed by atoms with van der Waals surface area (Å²) in [5.41, 5.74) is 1.62. The second-order valence-electron chi connectivity index (χ2n) is 2.08. The summed E-state index contributed by atoms with van der Waals surface area (Å²) in [6.45, 7) is 5.89. The molecule has 2 aromatic rings. The van der Waals surface area contributed by atoms with Crippen molar-refractivity contribution in [3.05, 3.63) is 18.3 Å². The van der Waals surface area contributed by atoms with Gasteiger partial charge in [-0.15, -0.1) is 0 Å². The zero-order valence-electron chi connectivity index (χ0n) is 7.50. The fraction of sp³-hybridized carbons (Fsp3) is 0.375. The number of H-pyrrole nitrogens is 1. The molecule has 0 saturated carbocycles. The highest BCUT2D eigenvalue weighted by molar-refractivity contribution is 5.68. The van der Waals surface area contributed by atoms with Crippen LogP contribution in [0.1, 0.15) is 21.1 Å². The summed E-state index contributed by atoms with van der Waals surface area (Å²) in [6, 6.07) is 0. The Labute approximate surface area is 72.6 Å². The highest BCUT2D eigenvalue weighted by atomic mass is 15.0. The Morgan fingerprint density at radius 3 is 2.83 bits per heavy atom. The van der Waals surface area contributed by atoms with Gasteiger partial charge in [0.1, 0.15) is 17.7 Å². The van der Waals surface area contributed by atoms with Crippen LogP contribution in [0.4, 0.5) is 0 Å². The number of aromatic nitrogens is 4. The summed E-state index contributed by atoms with van der Waals surface area (Å²) < 4.78 is 0. The average molecular weight is 166 g/mol. The largest absolute Gasteiger partial charge is 0.340 e. The van der Waals surface area contributed by atoms with Crippen molar-refractivity contribution in [2.24, 2.45) is 0 Å². The lowest BCUT2D eigenvalue weighted by Crippen LogP contribution is -1.76. The Bertz CT molecular complexity index is 325. The van der Waals surface area contributed by atoms with Crippen molar-refractivity contribution in [1.82, 2.24) is 19.9 Å². The first-order chi connectivity index (χ1) is 5.86. The Balaban J connectivity index is 0.000000451. The third-order valence-electron chi connectivity index (χ3n) is 1.28. The molecule has 0 unspecified atom stereocenters. The molecule has 12 heavy (non-hydrogen) atoms. The standard InChI is InChI=1S/C6H6N4.C2H6.H2/c1-4-9-5-2-7-3-8-6(5)10-4;1-2;/h2-3H,1H3,(H,7,8,9,10);1-2H3;1H. The maximum absolute atomic E-state index is 4.11. The van der Waals surface area contributed by atoms with E-state index < -0.39 is 0 Å². The molecule has 1 N–H and O–H groups in total. The molecule has 2 rings (SSSR count). The van der Waals surface area contributed by atoms with Crippen LogP contribution in [0.15, 0.2) is 12.5 Å². The van der Waals surface area contributed by atoms with E-state index in [1.807, 2.05) is 20.8 Å².